The zero-order valence-corrected chi connectivity index (χ0v) is 11.2. The van der Waals surface area contributed by atoms with E-state index in [1.165, 1.54) is 12.1 Å². The van der Waals surface area contributed by atoms with Gasteiger partial charge in [-0.1, -0.05) is 60.7 Å². The van der Waals surface area contributed by atoms with Gasteiger partial charge in [0.2, 0.25) is 0 Å². The van der Waals surface area contributed by atoms with Gasteiger partial charge in [-0.2, -0.15) is 0 Å². The van der Waals surface area contributed by atoms with Crippen LogP contribution in [-0.4, -0.2) is 5.11 Å². The summed E-state index contributed by atoms with van der Waals surface area (Å²) in [7, 11) is 0. The summed E-state index contributed by atoms with van der Waals surface area (Å²) >= 11 is 0. The van der Waals surface area contributed by atoms with Crippen LogP contribution in [0.5, 0.6) is 0 Å². The third-order valence-corrected chi connectivity index (χ3v) is 3.60. The number of aliphatic hydroxyl groups is 1. The Morgan fingerprint density at radius 1 is 0.762 bits per heavy atom. The van der Waals surface area contributed by atoms with E-state index in [2.05, 4.69) is 0 Å². The molecular weight excluding hydrogens is 270 g/mol. The lowest BCUT2D eigenvalue weighted by Gasteiger charge is -2.15. The number of aliphatic hydroxyl groups excluding tert-OH is 1. The maximum Gasteiger partial charge on any atom is 0.263 e. The molecule has 0 aliphatic carbocycles. The fraction of sp³-hybridized carbons (Fsp3) is 0.111. The van der Waals surface area contributed by atoms with Crippen LogP contribution in [0.15, 0.2) is 66.7 Å². The molecule has 0 fully saturated rings. The second-order valence-corrected chi connectivity index (χ2v) is 4.94. The van der Waals surface area contributed by atoms with Crippen molar-refractivity contribution in [1.29, 1.82) is 0 Å². The largest absolute Gasteiger partial charge is 0.384 e. The van der Waals surface area contributed by atoms with Crippen molar-refractivity contribution in [3.8, 4) is 0 Å². The van der Waals surface area contributed by atoms with Crippen molar-refractivity contribution < 1.29 is 13.9 Å². The maximum atomic E-state index is 12.8. The van der Waals surface area contributed by atoms with Crippen molar-refractivity contribution in [2.75, 3.05) is 0 Å². The van der Waals surface area contributed by atoms with E-state index >= 15 is 0 Å². The van der Waals surface area contributed by atoms with Crippen molar-refractivity contribution in [1.82, 2.24) is 0 Å². The molecule has 1 atom stereocenters. The van der Waals surface area contributed by atoms with Crippen molar-refractivity contribution >= 4 is 10.8 Å². The zero-order valence-electron chi connectivity index (χ0n) is 11.2. The number of fused-ring (bicyclic) bond motifs is 1. The smallest absolute Gasteiger partial charge is 0.263 e. The number of benzene rings is 3. The van der Waals surface area contributed by atoms with Gasteiger partial charge in [0.05, 0.1) is 0 Å². The molecule has 106 valence electrons. The van der Waals surface area contributed by atoms with E-state index in [1.54, 1.807) is 12.1 Å². The van der Waals surface area contributed by atoms with Crippen molar-refractivity contribution in [2.24, 2.45) is 0 Å². The summed E-state index contributed by atoms with van der Waals surface area (Å²) in [5.41, 5.74) is 1.12. The van der Waals surface area contributed by atoms with E-state index in [9.17, 15) is 13.9 Å². The monoisotopic (exact) mass is 284 g/mol. The van der Waals surface area contributed by atoms with Gasteiger partial charge in [-0.05, 0) is 28.0 Å². The van der Waals surface area contributed by atoms with Crippen LogP contribution in [0.2, 0.25) is 0 Å². The molecule has 21 heavy (non-hydrogen) atoms. The quantitative estimate of drug-likeness (QED) is 0.728. The second-order valence-electron chi connectivity index (χ2n) is 4.94. The molecule has 1 nitrogen and oxygen atoms in total. The van der Waals surface area contributed by atoms with Crippen LogP contribution < -0.4 is 0 Å². The van der Waals surface area contributed by atoms with Crippen LogP contribution >= 0.6 is 0 Å². The summed E-state index contributed by atoms with van der Waals surface area (Å²) in [5, 5.41) is 12.5. The Hall–Kier alpha value is -2.26. The fourth-order valence-corrected chi connectivity index (χ4v) is 2.53. The molecule has 1 unspecified atom stereocenters. The molecule has 0 amide bonds. The van der Waals surface area contributed by atoms with Gasteiger partial charge >= 0.3 is 0 Å². The summed E-state index contributed by atoms with van der Waals surface area (Å²) in [6, 6.07) is 19.3. The van der Waals surface area contributed by atoms with Gasteiger partial charge in [-0.15, -0.1) is 0 Å². The predicted octanol–water partition coefficient (Wildman–Crippen LogP) is 4.86. The Kier molecular flexibility index (Phi) is 3.67. The zero-order chi connectivity index (χ0) is 14.8. The highest BCUT2D eigenvalue weighted by molar-refractivity contribution is 5.86. The molecule has 0 aromatic heterocycles. The molecule has 1 N–H and O–H groups in total. The number of halogens is 2. The molecule has 0 bridgehead atoms. The molecule has 0 spiro atoms. The molecule has 0 saturated heterocycles. The Morgan fingerprint density at radius 3 is 2.24 bits per heavy atom. The molecule has 3 aromatic carbocycles. The van der Waals surface area contributed by atoms with Crippen molar-refractivity contribution in [3.63, 3.8) is 0 Å². The molecule has 0 radical (unpaired) electrons. The lowest BCUT2D eigenvalue weighted by atomic mass is 9.95. The first-order chi connectivity index (χ1) is 10.2. The maximum absolute atomic E-state index is 12.8. The first-order valence-electron chi connectivity index (χ1n) is 6.70. The predicted molar refractivity (Wildman–Crippen MR) is 79.4 cm³/mol. The number of rotatable bonds is 3. The highest BCUT2D eigenvalue weighted by atomic mass is 19.3. The average Bonchev–Trinajstić information content (AvgIpc) is 2.53. The third kappa shape index (κ3) is 2.65. The summed E-state index contributed by atoms with van der Waals surface area (Å²) in [6.45, 7) is 0. The second kappa shape index (κ2) is 5.62. The molecule has 0 heterocycles. The molecule has 3 aromatic rings. The van der Waals surface area contributed by atoms with E-state index in [0.717, 1.165) is 16.3 Å². The lowest BCUT2D eigenvalue weighted by Crippen LogP contribution is -2.01. The summed E-state index contributed by atoms with van der Waals surface area (Å²) in [5.74, 6) is 0. The minimum atomic E-state index is -2.54. The summed E-state index contributed by atoms with van der Waals surface area (Å²) < 4.78 is 25.6. The van der Waals surface area contributed by atoms with Gasteiger partial charge in [0, 0.05) is 5.56 Å². The summed E-state index contributed by atoms with van der Waals surface area (Å²) in [4.78, 5) is 0. The van der Waals surface area contributed by atoms with Crippen LogP contribution in [0, 0.1) is 0 Å². The van der Waals surface area contributed by atoms with E-state index in [-0.39, 0.29) is 5.56 Å². The molecule has 0 saturated carbocycles. The van der Waals surface area contributed by atoms with Crippen LogP contribution in [-0.2, 0) is 0 Å². The van der Waals surface area contributed by atoms with Crippen LogP contribution in [0.4, 0.5) is 8.78 Å². The van der Waals surface area contributed by atoms with E-state index in [4.69, 9.17) is 0 Å². The van der Waals surface area contributed by atoms with Gasteiger partial charge in [-0.25, -0.2) is 8.78 Å². The minimum Gasteiger partial charge on any atom is -0.384 e. The normalized spacial score (nSPS) is 12.8. The van der Waals surface area contributed by atoms with Gasteiger partial charge in [0.15, 0.2) is 0 Å². The van der Waals surface area contributed by atoms with E-state index in [1.807, 2.05) is 42.5 Å². The average molecular weight is 284 g/mol. The van der Waals surface area contributed by atoms with Crippen LogP contribution in [0.3, 0.4) is 0 Å². The SMILES string of the molecule is OC(c1cccc(C(F)F)c1)c1cccc2ccccc12. The molecule has 3 heteroatoms. The van der Waals surface area contributed by atoms with Gasteiger partial charge in [0.25, 0.3) is 6.43 Å². The number of hydrogen-bond donors (Lipinski definition) is 1. The van der Waals surface area contributed by atoms with E-state index in [0.29, 0.717) is 5.56 Å². The first kappa shape index (κ1) is 13.7. The molecule has 0 aliphatic heterocycles. The molecular formula is C18H14F2O. The Balaban J connectivity index is 2.08. The highest BCUT2D eigenvalue weighted by Crippen LogP contribution is 2.30. The molecule has 3 rings (SSSR count). The first-order valence-corrected chi connectivity index (χ1v) is 6.70. The van der Waals surface area contributed by atoms with Gasteiger partial charge in [0.1, 0.15) is 6.10 Å². The Labute approximate surface area is 121 Å². The topological polar surface area (TPSA) is 20.2 Å². The number of alkyl halides is 2. The van der Waals surface area contributed by atoms with E-state index < -0.39 is 12.5 Å². The van der Waals surface area contributed by atoms with Crippen LogP contribution in [0.1, 0.15) is 29.2 Å². The highest BCUT2D eigenvalue weighted by Gasteiger charge is 2.15. The van der Waals surface area contributed by atoms with Gasteiger partial charge in [-0.3, -0.25) is 0 Å². The third-order valence-electron chi connectivity index (χ3n) is 3.60. The Bertz CT molecular complexity index is 763. The minimum absolute atomic E-state index is 0.0770. The van der Waals surface area contributed by atoms with Gasteiger partial charge < -0.3 is 5.11 Å². The van der Waals surface area contributed by atoms with Crippen molar-refractivity contribution in [3.05, 3.63) is 83.4 Å². The lowest BCUT2D eigenvalue weighted by molar-refractivity contribution is 0.150. The van der Waals surface area contributed by atoms with Crippen LogP contribution in [0.25, 0.3) is 10.8 Å². The summed E-state index contributed by atoms with van der Waals surface area (Å²) in [6.07, 6.45) is -3.46. The number of hydrogen-bond acceptors (Lipinski definition) is 1. The van der Waals surface area contributed by atoms with Crippen molar-refractivity contribution in [2.45, 2.75) is 12.5 Å². The fourth-order valence-electron chi connectivity index (χ4n) is 2.53. The molecule has 0 aliphatic rings. The standard InChI is InChI=1S/C18H14F2O/c19-18(20)14-8-3-7-13(11-14)17(21)16-10-4-6-12-5-1-2-9-15(12)16/h1-11,17-18,21H. The Morgan fingerprint density at radius 2 is 1.43 bits per heavy atom.